The summed E-state index contributed by atoms with van der Waals surface area (Å²) in [6.45, 7) is 3.96. The molecule has 0 radical (unpaired) electrons. The second kappa shape index (κ2) is 10.5. The number of fused-ring (bicyclic) bond motifs is 2. The number of benzene rings is 2. The summed E-state index contributed by atoms with van der Waals surface area (Å²) in [4.78, 5) is 21.0. The van der Waals surface area contributed by atoms with Crippen LogP contribution >= 0.6 is 34.8 Å². The van der Waals surface area contributed by atoms with Crippen molar-refractivity contribution in [3.63, 3.8) is 0 Å². The summed E-state index contributed by atoms with van der Waals surface area (Å²) in [7, 11) is 0. The zero-order valence-electron chi connectivity index (χ0n) is 19.4. The third kappa shape index (κ3) is 5.10. The van der Waals surface area contributed by atoms with E-state index in [2.05, 4.69) is 4.90 Å². The van der Waals surface area contributed by atoms with E-state index >= 15 is 0 Å². The lowest BCUT2D eigenvalue weighted by Crippen LogP contribution is -2.32. The summed E-state index contributed by atoms with van der Waals surface area (Å²) >= 11 is 18.6. The van der Waals surface area contributed by atoms with E-state index in [1.807, 2.05) is 12.1 Å². The van der Waals surface area contributed by atoms with Gasteiger partial charge in [0.25, 0.3) is 0 Å². The lowest BCUT2D eigenvalue weighted by atomic mass is 9.80. The maximum absolute atomic E-state index is 13.6. The molecule has 0 spiro atoms. The number of hydrogen-bond donors (Lipinski definition) is 1. The van der Waals surface area contributed by atoms with E-state index in [0.29, 0.717) is 56.6 Å². The molecule has 1 unspecified atom stereocenters. The van der Waals surface area contributed by atoms with Gasteiger partial charge in [-0.2, -0.15) is 4.73 Å². The Hall–Kier alpha value is -2.05. The first-order valence-corrected chi connectivity index (χ1v) is 13.3. The van der Waals surface area contributed by atoms with E-state index in [1.165, 1.54) is 19.3 Å². The van der Waals surface area contributed by atoms with Gasteiger partial charge < -0.3 is 10.1 Å². The number of nitrogens with zero attached hydrogens (tertiary/aromatic N) is 3. The first kappa shape index (κ1) is 24.6. The predicted octanol–water partition coefficient (Wildman–Crippen LogP) is 6.59. The largest absolute Gasteiger partial charge is 0.428 e. The van der Waals surface area contributed by atoms with Gasteiger partial charge in [0.15, 0.2) is 5.43 Å². The lowest BCUT2D eigenvalue weighted by molar-refractivity contribution is 0.186. The molecule has 0 amide bonds. The van der Waals surface area contributed by atoms with Gasteiger partial charge in [0, 0.05) is 17.3 Å². The molecule has 2 aromatic carbocycles. The van der Waals surface area contributed by atoms with Crippen LogP contribution in [-0.2, 0) is 6.42 Å². The number of halogens is 3. The van der Waals surface area contributed by atoms with Gasteiger partial charge >= 0.3 is 0 Å². The Morgan fingerprint density at radius 2 is 1.77 bits per heavy atom. The van der Waals surface area contributed by atoms with E-state index in [-0.39, 0.29) is 11.3 Å². The first-order valence-electron chi connectivity index (χ1n) is 12.2. The Morgan fingerprint density at radius 3 is 2.54 bits per heavy atom. The molecule has 0 saturated carbocycles. The van der Waals surface area contributed by atoms with Gasteiger partial charge in [0.1, 0.15) is 0 Å². The molecule has 5 rings (SSSR count). The van der Waals surface area contributed by atoms with Crippen molar-refractivity contribution in [3.05, 3.63) is 78.5 Å². The van der Waals surface area contributed by atoms with Crippen LogP contribution in [0.3, 0.4) is 0 Å². The second-order valence-corrected chi connectivity index (χ2v) is 10.7. The number of pyridine rings is 1. The Bertz CT molecular complexity index is 1350. The van der Waals surface area contributed by atoms with Crippen LogP contribution in [0.2, 0.25) is 15.1 Å². The molecule has 2 aliphatic rings. The van der Waals surface area contributed by atoms with Gasteiger partial charge in [-0.15, -0.1) is 0 Å². The van der Waals surface area contributed by atoms with Crippen molar-refractivity contribution in [1.82, 2.24) is 9.63 Å². The summed E-state index contributed by atoms with van der Waals surface area (Å²) < 4.78 is 1.13. The molecule has 1 aliphatic heterocycles. The van der Waals surface area contributed by atoms with Crippen LogP contribution in [0.4, 0.5) is 0 Å². The van der Waals surface area contributed by atoms with Crippen molar-refractivity contribution in [2.45, 2.75) is 44.4 Å². The third-order valence-corrected chi connectivity index (χ3v) is 8.14. The summed E-state index contributed by atoms with van der Waals surface area (Å²) in [5.74, 6) is 0.0145. The van der Waals surface area contributed by atoms with Crippen LogP contribution in [0, 0.1) is 0 Å². The highest BCUT2D eigenvalue weighted by molar-refractivity contribution is 6.42. The summed E-state index contributed by atoms with van der Waals surface area (Å²) in [6.07, 6.45) is 5.86. The Balaban J connectivity index is 1.53. The number of hydrogen-bond acceptors (Lipinski definition) is 4. The summed E-state index contributed by atoms with van der Waals surface area (Å²) in [5.41, 5.74) is 3.12. The topological polar surface area (TPSA) is 57.8 Å². The van der Waals surface area contributed by atoms with Gasteiger partial charge in [0.05, 0.1) is 32.2 Å². The third-order valence-electron chi connectivity index (χ3n) is 7.17. The second-order valence-electron chi connectivity index (χ2n) is 9.49. The predicted molar refractivity (Wildman–Crippen MR) is 144 cm³/mol. The fourth-order valence-corrected chi connectivity index (χ4v) is 5.83. The average Bonchev–Trinajstić information content (AvgIpc) is 2.87. The maximum atomic E-state index is 13.6. The summed E-state index contributed by atoms with van der Waals surface area (Å²) in [5, 5.41) is 13.0. The Kier molecular flexibility index (Phi) is 7.40. The van der Waals surface area contributed by atoms with Gasteiger partial charge in [-0.1, -0.05) is 47.3 Å². The number of rotatable bonds is 5. The van der Waals surface area contributed by atoms with E-state index < -0.39 is 0 Å². The molecule has 1 aromatic heterocycles. The Morgan fingerprint density at radius 1 is 0.971 bits per heavy atom. The molecular weight excluding hydrogens is 505 g/mol. The Labute approximate surface area is 219 Å². The van der Waals surface area contributed by atoms with Crippen LogP contribution in [-0.4, -0.2) is 46.7 Å². The molecule has 8 heteroatoms. The van der Waals surface area contributed by atoms with Crippen molar-refractivity contribution < 1.29 is 5.21 Å². The molecule has 5 nitrogen and oxygen atoms in total. The van der Waals surface area contributed by atoms with Crippen molar-refractivity contribution in [2.75, 3.05) is 26.2 Å². The highest BCUT2D eigenvalue weighted by Crippen LogP contribution is 2.36. The monoisotopic (exact) mass is 531 g/mol. The summed E-state index contributed by atoms with van der Waals surface area (Å²) in [6, 6.07) is 10.6. The molecule has 35 heavy (non-hydrogen) atoms. The molecular formula is C27H28Cl3N3O2. The van der Waals surface area contributed by atoms with E-state index in [1.54, 1.807) is 24.3 Å². The van der Waals surface area contributed by atoms with Gasteiger partial charge in [-0.05, 0) is 93.6 Å². The van der Waals surface area contributed by atoms with E-state index in [9.17, 15) is 10.0 Å². The number of aliphatic imine (C=N–C) groups is 1. The molecule has 1 N–H and O–H groups in total. The quantitative estimate of drug-likeness (QED) is 0.298. The van der Waals surface area contributed by atoms with Gasteiger partial charge in [-0.25, -0.2) is 0 Å². The minimum atomic E-state index is -0.134. The minimum Gasteiger partial charge on any atom is -0.428 e. The molecule has 1 atom stereocenters. The van der Waals surface area contributed by atoms with Crippen LogP contribution in [0.1, 0.15) is 54.8 Å². The van der Waals surface area contributed by atoms with Crippen LogP contribution in [0.5, 0.6) is 0 Å². The molecule has 184 valence electrons. The molecule has 0 bridgehead atoms. The van der Waals surface area contributed by atoms with Crippen molar-refractivity contribution in [3.8, 4) is 0 Å². The highest BCUT2D eigenvalue weighted by atomic mass is 35.5. The molecule has 1 aliphatic carbocycles. The van der Waals surface area contributed by atoms with Gasteiger partial charge in [0.2, 0.25) is 0 Å². The highest BCUT2D eigenvalue weighted by Gasteiger charge is 2.31. The number of likely N-dealkylation sites (tertiary alicyclic amines) is 1. The SMILES string of the molecule is O=c1c2c(n(O)c3ccc(Cl)cc13)CC(c1ccc(Cl)c(Cl)c1)CC2=NCCCN1CCCCC1. The minimum absolute atomic E-state index is 0.0145. The average molecular weight is 533 g/mol. The van der Waals surface area contributed by atoms with Crippen LogP contribution in [0.25, 0.3) is 10.9 Å². The lowest BCUT2D eigenvalue weighted by Gasteiger charge is -2.28. The zero-order valence-corrected chi connectivity index (χ0v) is 21.7. The molecule has 2 heterocycles. The van der Waals surface area contributed by atoms with Crippen LogP contribution < -0.4 is 5.43 Å². The number of piperidine rings is 1. The van der Waals surface area contributed by atoms with Crippen molar-refractivity contribution in [1.29, 1.82) is 0 Å². The smallest absolute Gasteiger partial charge is 0.199 e. The molecule has 1 saturated heterocycles. The number of aromatic nitrogens is 1. The zero-order chi connectivity index (χ0) is 24.5. The fraction of sp³-hybridized carbons (Fsp3) is 0.407. The first-order chi connectivity index (χ1) is 16.9. The van der Waals surface area contributed by atoms with Gasteiger partial charge in [-0.3, -0.25) is 9.79 Å². The van der Waals surface area contributed by atoms with Crippen molar-refractivity contribution >= 4 is 51.4 Å². The van der Waals surface area contributed by atoms with Crippen LogP contribution in [0.15, 0.2) is 46.2 Å². The van der Waals surface area contributed by atoms with E-state index in [0.717, 1.165) is 42.1 Å². The standard InChI is InChI=1S/C27H28Cl3N3O2/c28-19-6-8-24-20(16-19)27(34)26-23(31-9-4-12-32-10-2-1-3-11-32)14-18(15-25(26)33(24)35)17-5-7-21(29)22(30)13-17/h5-8,13,16,18,35H,1-4,9-12,14-15H2. The normalized spacial score (nSPS) is 19.9. The van der Waals surface area contributed by atoms with E-state index in [4.69, 9.17) is 39.8 Å². The molecule has 3 aromatic rings. The maximum Gasteiger partial charge on any atom is 0.199 e. The fourth-order valence-electron chi connectivity index (χ4n) is 5.36. The van der Waals surface area contributed by atoms with Crippen molar-refractivity contribution in [2.24, 2.45) is 4.99 Å². The molecule has 1 fully saturated rings.